The van der Waals surface area contributed by atoms with E-state index < -0.39 is 23.3 Å². The third-order valence-electron chi connectivity index (χ3n) is 2.63. The predicted molar refractivity (Wildman–Crippen MR) is 71.7 cm³/mol. The standard InChI is InChI=1S/C13H6Cl2F3NO2/c14-7-1-2-8(10(15)4-7)11-9(12(20)21)3-6(5-19-11)13(16,17)18/h1-5H,(H,20,21). The molecule has 21 heavy (non-hydrogen) atoms. The highest BCUT2D eigenvalue weighted by Gasteiger charge is 2.32. The second kappa shape index (κ2) is 5.54. The van der Waals surface area contributed by atoms with Gasteiger partial charge in [-0.25, -0.2) is 4.79 Å². The van der Waals surface area contributed by atoms with Crippen LogP contribution in [0.1, 0.15) is 15.9 Å². The highest BCUT2D eigenvalue weighted by molar-refractivity contribution is 6.36. The molecule has 0 aliphatic carbocycles. The average Bonchev–Trinajstić information content (AvgIpc) is 2.37. The maximum atomic E-state index is 12.6. The number of halogens is 5. The molecule has 0 radical (unpaired) electrons. The number of carboxylic acid groups (broad SMARTS) is 1. The molecule has 0 aliphatic rings. The molecule has 0 atom stereocenters. The van der Waals surface area contributed by atoms with Gasteiger partial charge in [0.15, 0.2) is 0 Å². The zero-order chi connectivity index (χ0) is 15.8. The van der Waals surface area contributed by atoms with E-state index in [1.165, 1.54) is 18.2 Å². The molecule has 3 nitrogen and oxygen atoms in total. The molecular weight excluding hydrogens is 330 g/mol. The van der Waals surface area contributed by atoms with Crippen LogP contribution in [0.5, 0.6) is 0 Å². The van der Waals surface area contributed by atoms with Gasteiger partial charge < -0.3 is 5.11 Å². The van der Waals surface area contributed by atoms with Crippen LogP contribution in [0, 0.1) is 0 Å². The number of aromatic carboxylic acids is 1. The number of carbonyl (C=O) groups is 1. The van der Waals surface area contributed by atoms with E-state index in [4.69, 9.17) is 28.3 Å². The van der Waals surface area contributed by atoms with Crippen LogP contribution in [0.3, 0.4) is 0 Å². The summed E-state index contributed by atoms with van der Waals surface area (Å²) in [5, 5.41) is 9.49. The smallest absolute Gasteiger partial charge is 0.417 e. The number of alkyl halides is 3. The SMILES string of the molecule is O=C(O)c1cc(C(F)(F)F)cnc1-c1ccc(Cl)cc1Cl. The second-order valence-corrected chi connectivity index (χ2v) is 4.89. The van der Waals surface area contributed by atoms with Crippen molar-refractivity contribution < 1.29 is 23.1 Å². The van der Waals surface area contributed by atoms with E-state index in [9.17, 15) is 18.0 Å². The lowest BCUT2D eigenvalue weighted by Crippen LogP contribution is -2.10. The molecule has 0 unspecified atom stereocenters. The summed E-state index contributed by atoms with van der Waals surface area (Å²) in [5.41, 5.74) is -1.70. The Hall–Kier alpha value is -1.79. The zero-order valence-electron chi connectivity index (χ0n) is 10.1. The first-order valence-corrected chi connectivity index (χ1v) is 6.21. The van der Waals surface area contributed by atoms with E-state index in [0.717, 1.165) is 0 Å². The van der Waals surface area contributed by atoms with Crippen molar-refractivity contribution in [3.05, 3.63) is 51.6 Å². The number of carboxylic acids is 1. The van der Waals surface area contributed by atoms with E-state index in [-0.39, 0.29) is 16.3 Å². The molecule has 2 aromatic rings. The van der Waals surface area contributed by atoms with E-state index in [0.29, 0.717) is 17.3 Å². The lowest BCUT2D eigenvalue weighted by atomic mass is 10.0. The van der Waals surface area contributed by atoms with Crippen LogP contribution in [0.15, 0.2) is 30.5 Å². The normalized spacial score (nSPS) is 11.5. The molecule has 110 valence electrons. The number of hydrogen-bond donors (Lipinski definition) is 1. The fraction of sp³-hybridized carbons (Fsp3) is 0.0769. The molecule has 0 bridgehead atoms. The van der Waals surface area contributed by atoms with Gasteiger partial charge in [0.1, 0.15) is 0 Å². The number of aromatic nitrogens is 1. The van der Waals surface area contributed by atoms with Crippen LogP contribution in [0.2, 0.25) is 10.0 Å². The Morgan fingerprint density at radius 1 is 1.19 bits per heavy atom. The van der Waals surface area contributed by atoms with Gasteiger partial charge in [0, 0.05) is 16.8 Å². The fourth-order valence-electron chi connectivity index (χ4n) is 1.68. The summed E-state index contributed by atoms with van der Waals surface area (Å²) in [4.78, 5) is 14.8. The van der Waals surface area contributed by atoms with Crippen molar-refractivity contribution in [3.63, 3.8) is 0 Å². The number of rotatable bonds is 2. The third-order valence-corrected chi connectivity index (χ3v) is 3.18. The molecule has 1 heterocycles. The maximum absolute atomic E-state index is 12.6. The lowest BCUT2D eigenvalue weighted by Gasteiger charge is -2.11. The molecule has 0 saturated carbocycles. The van der Waals surface area contributed by atoms with Gasteiger partial charge in [-0.2, -0.15) is 13.2 Å². The highest BCUT2D eigenvalue weighted by Crippen LogP contribution is 2.35. The van der Waals surface area contributed by atoms with Crippen LogP contribution in [0.25, 0.3) is 11.3 Å². The number of pyridine rings is 1. The van der Waals surface area contributed by atoms with Crippen molar-refractivity contribution in [1.29, 1.82) is 0 Å². The monoisotopic (exact) mass is 335 g/mol. The maximum Gasteiger partial charge on any atom is 0.417 e. The summed E-state index contributed by atoms with van der Waals surface area (Å²) in [6.45, 7) is 0. The van der Waals surface area contributed by atoms with Crippen molar-refractivity contribution in [3.8, 4) is 11.3 Å². The summed E-state index contributed by atoms with van der Waals surface area (Å²) in [7, 11) is 0. The quantitative estimate of drug-likeness (QED) is 0.859. The summed E-state index contributed by atoms with van der Waals surface area (Å²) < 4.78 is 37.9. The van der Waals surface area contributed by atoms with Gasteiger partial charge in [-0.05, 0) is 24.3 Å². The van der Waals surface area contributed by atoms with Gasteiger partial charge in [0.2, 0.25) is 0 Å². The molecule has 1 aromatic heterocycles. The van der Waals surface area contributed by atoms with Crippen molar-refractivity contribution >= 4 is 29.2 Å². The summed E-state index contributed by atoms with van der Waals surface area (Å²) in [6.07, 6.45) is -4.12. The topological polar surface area (TPSA) is 50.2 Å². The van der Waals surface area contributed by atoms with Crippen molar-refractivity contribution in [2.24, 2.45) is 0 Å². The third kappa shape index (κ3) is 3.28. The first-order valence-electron chi connectivity index (χ1n) is 5.46. The number of benzene rings is 1. The Labute approximate surface area is 126 Å². The lowest BCUT2D eigenvalue weighted by molar-refractivity contribution is -0.137. The van der Waals surface area contributed by atoms with Crippen molar-refractivity contribution in [2.75, 3.05) is 0 Å². The van der Waals surface area contributed by atoms with E-state index in [1.807, 2.05) is 0 Å². The van der Waals surface area contributed by atoms with E-state index in [1.54, 1.807) is 0 Å². The predicted octanol–water partition coefficient (Wildman–Crippen LogP) is 4.77. The Balaban J connectivity index is 2.66. The van der Waals surface area contributed by atoms with Crippen molar-refractivity contribution in [1.82, 2.24) is 4.98 Å². The Bertz CT molecular complexity index is 717. The minimum absolute atomic E-state index is 0.0947. The van der Waals surface area contributed by atoms with Crippen LogP contribution < -0.4 is 0 Å². The number of nitrogens with zero attached hydrogens (tertiary/aromatic N) is 1. The first-order chi connectivity index (χ1) is 9.70. The molecule has 1 aromatic carbocycles. The summed E-state index contributed by atoms with van der Waals surface area (Å²) in [5.74, 6) is -1.53. The molecule has 0 fully saturated rings. The van der Waals surface area contributed by atoms with Gasteiger partial charge in [-0.3, -0.25) is 4.98 Å². The highest BCUT2D eigenvalue weighted by atomic mass is 35.5. The molecular formula is C13H6Cl2F3NO2. The molecule has 1 N–H and O–H groups in total. The van der Waals surface area contributed by atoms with Gasteiger partial charge in [0.25, 0.3) is 0 Å². The zero-order valence-corrected chi connectivity index (χ0v) is 11.6. The Morgan fingerprint density at radius 3 is 2.38 bits per heavy atom. The van der Waals surface area contributed by atoms with Crippen LogP contribution >= 0.6 is 23.2 Å². The first kappa shape index (κ1) is 15.6. The Morgan fingerprint density at radius 2 is 1.86 bits per heavy atom. The Kier molecular flexibility index (Phi) is 4.11. The molecule has 8 heteroatoms. The molecule has 0 amide bonds. The molecule has 0 spiro atoms. The van der Waals surface area contributed by atoms with Gasteiger partial charge in [0.05, 0.1) is 21.8 Å². The molecule has 0 saturated heterocycles. The van der Waals surface area contributed by atoms with Gasteiger partial charge >= 0.3 is 12.1 Å². The van der Waals surface area contributed by atoms with Crippen molar-refractivity contribution in [2.45, 2.75) is 6.18 Å². The van der Waals surface area contributed by atoms with E-state index in [2.05, 4.69) is 4.98 Å². The van der Waals surface area contributed by atoms with Crippen LogP contribution in [-0.4, -0.2) is 16.1 Å². The average molecular weight is 336 g/mol. The van der Waals surface area contributed by atoms with Crippen LogP contribution in [0.4, 0.5) is 13.2 Å². The minimum atomic E-state index is -4.68. The number of hydrogen-bond acceptors (Lipinski definition) is 2. The second-order valence-electron chi connectivity index (χ2n) is 4.05. The molecule has 2 rings (SSSR count). The van der Waals surface area contributed by atoms with Gasteiger partial charge in [-0.1, -0.05) is 23.2 Å². The van der Waals surface area contributed by atoms with Gasteiger partial charge in [-0.15, -0.1) is 0 Å². The summed E-state index contributed by atoms with van der Waals surface area (Å²) >= 11 is 11.7. The summed E-state index contributed by atoms with van der Waals surface area (Å²) in [6, 6.07) is 4.71. The van der Waals surface area contributed by atoms with Crippen LogP contribution in [-0.2, 0) is 6.18 Å². The van der Waals surface area contributed by atoms with E-state index >= 15 is 0 Å². The fourth-order valence-corrected chi connectivity index (χ4v) is 2.18. The molecule has 0 aliphatic heterocycles. The largest absolute Gasteiger partial charge is 0.478 e. The minimum Gasteiger partial charge on any atom is -0.478 e.